The zero-order valence-electron chi connectivity index (χ0n) is 10.6. The molecule has 0 aromatic carbocycles. The lowest BCUT2D eigenvalue weighted by molar-refractivity contribution is 0.521. The van der Waals surface area contributed by atoms with Crippen molar-refractivity contribution in [1.29, 1.82) is 0 Å². The van der Waals surface area contributed by atoms with E-state index in [9.17, 15) is 0 Å². The van der Waals surface area contributed by atoms with E-state index >= 15 is 0 Å². The first-order chi connectivity index (χ1) is 7.59. The maximum atomic E-state index is 4.56. The lowest BCUT2D eigenvalue weighted by atomic mass is 10.0. The molecule has 0 spiro atoms. The average Bonchev–Trinajstić information content (AvgIpc) is 2.61. The van der Waals surface area contributed by atoms with E-state index in [2.05, 4.69) is 55.6 Å². The van der Waals surface area contributed by atoms with Crippen LogP contribution in [-0.2, 0) is 6.54 Å². The normalized spacial score (nSPS) is 11.9. The highest BCUT2D eigenvalue weighted by molar-refractivity contribution is 5.63. The van der Waals surface area contributed by atoms with E-state index in [1.165, 1.54) is 11.1 Å². The maximum absolute atomic E-state index is 4.56. The van der Waals surface area contributed by atoms with Gasteiger partial charge < -0.3 is 4.57 Å². The van der Waals surface area contributed by atoms with Crippen molar-refractivity contribution in [3.63, 3.8) is 0 Å². The molecule has 0 unspecified atom stereocenters. The average molecular weight is 216 g/mol. The van der Waals surface area contributed by atoms with Gasteiger partial charge in [0.15, 0.2) is 0 Å². The van der Waals surface area contributed by atoms with Crippen LogP contribution in [0, 0.1) is 5.92 Å². The van der Waals surface area contributed by atoms with Gasteiger partial charge in [-0.05, 0) is 29.5 Å². The summed E-state index contributed by atoms with van der Waals surface area (Å²) >= 11 is 0. The molecule has 0 amide bonds. The second kappa shape index (κ2) is 4.28. The Hall–Kier alpha value is -1.31. The van der Waals surface area contributed by atoms with Crippen molar-refractivity contribution in [1.82, 2.24) is 9.55 Å². The van der Waals surface area contributed by atoms with Crippen molar-refractivity contribution in [3.8, 4) is 11.4 Å². The molecule has 0 saturated heterocycles. The predicted molar refractivity (Wildman–Crippen MR) is 67.8 cm³/mol. The highest BCUT2D eigenvalue weighted by atomic mass is 15.0. The van der Waals surface area contributed by atoms with Crippen LogP contribution in [0.4, 0.5) is 0 Å². The second-order valence-electron chi connectivity index (χ2n) is 5.16. The Bertz CT molecular complexity index is 440. The maximum Gasteiger partial charge on any atom is 0.140 e. The van der Waals surface area contributed by atoms with Crippen LogP contribution in [0.2, 0.25) is 0 Å². The number of rotatable bonds is 3. The van der Waals surface area contributed by atoms with Crippen LogP contribution in [0.5, 0.6) is 0 Å². The third-order valence-corrected chi connectivity index (χ3v) is 2.86. The van der Waals surface area contributed by atoms with Crippen LogP contribution >= 0.6 is 0 Å². The molecule has 2 heteroatoms. The van der Waals surface area contributed by atoms with Crippen LogP contribution < -0.4 is 0 Å². The van der Waals surface area contributed by atoms with Crippen molar-refractivity contribution < 1.29 is 0 Å². The molecule has 0 fully saturated rings. The van der Waals surface area contributed by atoms with E-state index in [4.69, 9.17) is 0 Å². The predicted octanol–water partition coefficient (Wildman–Crippen LogP) is 3.77. The summed E-state index contributed by atoms with van der Waals surface area (Å²) in [5.74, 6) is 2.31. The fourth-order valence-corrected chi connectivity index (χ4v) is 2.11. The summed E-state index contributed by atoms with van der Waals surface area (Å²) in [4.78, 5) is 4.56. The highest BCUT2D eigenvalue weighted by Gasteiger charge is 2.16. The Morgan fingerprint density at radius 3 is 2.62 bits per heavy atom. The van der Waals surface area contributed by atoms with E-state index in [0.29, 0.717) is 11.8 Å². The molecular weight excluding hydrogens is 196 g/mol. The summed E-state index contributed by atoms with van der Waals surface area (Å²) in [5.41, 5.74) is 2.66. The molecule has 2 rings (SSSR count). The van der Waals surface area contributed by atoms with Gasteiger partial charge in [-0.1, -0.05) is 27.7 Å². The Balaban J connectivity index is 2.43. The minimum absolute atomic E-state index is 0.542. The van der Waals surface area contributed by atoms with Crippen molar-refractivity contribution in [2.24, 2.45) is 5.92 Å². The van der Waals surface area contributed by atoms with Crippen LogP contribution in [0.25, 0.3) is 11.4 Å². The molecule has 86 valence electrons. The molecule has 0 N–H and O–H groups in total. The van der Waals surface area contributed by atoms with Gasteiger partial charge in [-0.25, -0.2) is 4.98 Å². The van der Waals surface area contributed by atoms with Gasteiger partial charge in [0.1, 0.15) is 5.82 Å². The van der Waals surface area contributed by atoms with Crippen LogP contribution in [0.1, 0.15) is 39.2 Å². The smallest absolute Gasteiger partial charge is 0.140 e. The van der Waals surface area contributed by atoms with E-state index < -0.39 is 0 Å². The number of fused-ring (bicyclic) bond motifs is 1. The molecule has 2 nitrogen and oxygen atoms in total. The molecule has 0 radical (unpaired) electrons. The first kappa shape index (κ1) is 11.2. The molecule has 2 aliphatic rings. The lowest BCUT2D eigenvalue weighted by Gasteiger charge is -2.14. The van der Waals surface area contributed by atoms with Gasteiger partial charge in [0, 0.05) is 24.5 Å². The van der Waals surface area contributed by atoms with Gasteiger partial charge in [-0.15, -0.1) is 0 Å². The molecule has 0 aromatic rings. The zero-order valence-corrected chi connectivity index (χ0v) is 10.6. The minimum Gasteiger partial charge on any atom is -0.332 e. The fraction of sp³-hybridized carbons (Fsp3) is 0.500. The van der Waals surface area contributed by atoms with Gasteiger partial charge >= 0.3 is 0 Å². The molecule has 0 aliphatic carbocycles. The fourth-order valence-electron chi connectivity index (χ4n) is 2.11. The molecular formula is C14H20N2. The van der Waals surface area contributed by atoms with Gasteiger partial charge in [0.2, 0.25) is 0 Å². The largest absolute Gasteiger partial charge is 0.332 e. The summed E-state index contributed by atoms with van der Waals surface area (Å²) in [6.07, 6.45) is 4.14. The quantitative estimate of drug-likeness (QED) is 0.763. The molecule has 2 heterocycles. The monoisotopic (exact) mass is 216 g/mol. The first-order valence-corrected chi connectivity index (χ1v) is 6.03. The Morgan fingerprint density at radius 2 is 2.00 bits per heavy atom. The summed E-state index contributed by atoms with van der Waals surface area (Å²) in [5, 5.41) is 0. The number of pyridine rings is 1. The van der Waals surface area contributed by atoms with Gasteiger partial charge in [0.25, 0.3) is 0 Å². The second-order valence-corrected chi connectivity index (χ2v) is 5.16. The summed E-state index contributed by atoms with van der Waals surface area (Å²) in [6, 6.07) is 4.30. The first-order valence-electron chi connectivity index (χ1n) is 6.03. The SMILES string of the molecule is CC(C)Cn1cccc2c(C(C)C)cnc1-2. The summed E-state index contributed by atoms with van der Waals surface area (Å²) in [7, 11) is 0. The summed E-state index contributed by atoms with van der Waals surface area (Å²) in [6.45, 7) is 9.94. The Labute approximate surface area is 97.7 Å². The lowest BCUT2D eigenvalue weighted by Crippen LogP contribution is -2.08. The van der Waals surface area contributed by atoms with E-state index in [0.717, 1.165) is 12.4 Å². The molecule has 0 bridgehead atoms. The number of hydrogen-bond acceptors (Lipinski definition) is 1. The summed E-state index contributed by atoms with van der Waals surface area (Å²) < 4.78 is 2.26. The zero-order chi connectivity index (χ0) is 11.7. The third-order valence-electron chi connectivity index (χ3n) is 2.86. The van der Waals surface area contributed by atoms with E-state index in [1.807, 2.05) is 6.20 Å². The van der Waals surface area contributed by atoms with Crippen molar-refractivity contribution in [2.45, 2.75) is 40.2 Å². The molecule has 0 saturated carbocycles. The minimum atomic E-state index is 0.542. The third kappa shape index (κ3) is 1.97. The molecule has 2 aliphatic heterocycles. The van der Waals surface area contributed by atoms with Crippen molar-refractivity contribution in [3.05, 3.63) is 30.1 Å². The van der Waals surface area contributed by atoms with Crippen LogP contribution in [0.15, 0.2) is 24.5 Å². The molecule has 0 atom stereocenters. The highest BCUT2D eigenvalue weighted by Crippen LogP contribution is 2.30. The number of aromatic nitrogens is 2. The Kier molecular flexibility index (Phi) is 2.99. The molecule has 16 heavy (non-hydrogen) atoms. The van der Waals surface area contributed by atoms with Crippen LogP contribution in [-0.4, -0.2) is 9.55 Å². The van der Waals surface area contributed by atoms with Crippen molar-refractivity contribution in [2.75, 3.05) is 0 Å². The number of hydrogen-bond donors (Lipinski definition) is 0. The number of nitrogens with zero attached hydrogens (tertiary/aromatic N) is 2. The standard InChI is InChI=1S/C14H20N2/c1-10(2)9-16-7-5-6-12-13(11(3)4)8-15-14(12)16/h5-8,10-11H,9H2,1-4H3. The molecule has 0 aromatic heterocycles. The van der Waals surface area contributed by atoms with Gasteiger partial charge in [-0.2, -0.15) is 0 Å². The van der Waals surface area contributed by atoms with Gasteiger partial charge in [0.05, 0.1) is 0 Å². The topological polar surface area (TPSA) is 17.8 Å². The van der Waals surface area contributed by atoms with Gasteiger partial charge in [-0.3, -0.25) is 0 Å². The van der Waals surface area contributed by atoms with E-state index in [1.54, 1.807) is 0 Å². The van der Waals surface area contributed by atoms with E-state index in [-0.39, 0.29) is 0 Å². The Morgan fingerprint density at radius 1 is 1.25 bits per heavy atom. The van der Waals surface area contributed by atoms with Crippen molar-refractivity contribution >= 4 is 0 Å². The van der Waals surface area contributed by atoms with Crippen LogP contribution in [0.3, 0.4) is 0 Å².